The zero-order valence-corrected chi connectivity index (χ0v) is 6.60. The van der Waals surface area contributed by atoms with Gasteiger partial charge in [0.1, 0.15) is 0 Å². The molecule has 0 rings (SSSR count). The van der Waals surface area contributed by atoms with Gasteiger partial charge in [0.05, 0.1) is 6.21 Å². The van der Waals surface area contributed by atoms with Crippen LogP contribution >= 0.6 is 47.2 Å². The summed E-state index contributed by atoms with van der Waals surface area (Å²) in [5.74, 6) is 0. The average molecular weight is 199 g/mol. The first-order valence-corrected chi connectivity index (χ1v) is 2.45. The van der Waals surface area contributed by atoms with Gasteiger partial charge >= 0.3 is 0 Å². The summed E-state index contributed by atoms with van der Waals surface area (Å²) in [5.41, 5.74) is 0. The van der Waals surface area contributed by atoms with Gasteiger partial charge in [-0.3, -0.25) is 0 Å². The highest BCUT2D eigenvalue weighted by Crippen LogP contribution is 2.22. The van der Waals surface area contributed by atoms with Crippen molar-refractivity contribution >= 4 is 53.4 Å². The molecule has 0 aliphatic heterocycles. The lowest BCUT2D eigenvalue weighted by molar-refractivity contribution is 0.321. The molecule has 0 aliphatic rings. The minimum absolute atomic E-state index is 0. The third kappa shape index (κ3) is 9.80. The Bertz CT molecular complexity index is 76.6. The predicted octanol–water partition coefficient (Wildman–Crippen LogP) is 2.24. The van der Waals surface area contributed by atoms with Crippen molar-refractivity contribution in [3.8, 4) is 0 Å². The topological polar surface area (TPSA) is 32.6 Å². The molecule has 0 saturated carbocycles. The average Bonchev–Trinajstić information content (AvgIpc) is 1.30. The van der Waals surface area contributed by atoms with Crippen LogP contribution in [0.5, 0.6) is 0 Å². The zero-order valence-electron chi connectivity index (χ0n) is 3.51. The molecule has 0 saturated heterocycles. The fourth-order valence-corrected chi connectivity index (χ4v) is 0.196. The van der Waals surface area contributed by atoms with E-state index >= 15 is 0 Å². The van der Waals surface area contributed by atoms with E-state index in [4.69, 9.17) is 40.0 Å². The molecule has 0 aliphatic carbocycles. The van der Waals surface area contributed by atoms with Crippen molar-refractivity contribution in [3.63, 3.8) is 0 Å². The molecule has 0 unspecified atom stereocenters. The molecule has 6 heteroatoms. The Labute approximate surface area is 67.8 Å². The third-order valence-electron chi connectivity index (χ3n) is 0.204. The summed E-state index contributed by atoms with van der Waals surface area (Å²) in [6.07, 6.45) is 0.789. The van der Waals surface area contributed by atoms with Crippen molar-refractivity contribution in [2.45, 2.75) is 3.79 Å². The fraction of sp³-hybridized carbons (Fsp3) is 0.500. The molecule has 0 heterocycles. The molecule has 0 bridgehead atoms. The fourth-order valence-electron chi connectivity index (χ4n) is 0.0655. The van der Waals surface area contributed by atoms with E-state index in [9.17, 15) is 0 Å². The Morgan fingerprint density at radius 3 is 1.75 bits per heavy atom. The number of nitrogens with zero attached hydrogens (tertiary/aromatic N) is 1. The Hall–Kier alpha value is 0.630. The Morgan fingerprint density at radius 2 is 1.75 bits per heavy atom. The largest absolute Gasteiger partial charge is 0.411 e. The minimum Gasteiger partial charge on any atom is -0.411 e. The predicted molar refractivity (Wildman–Crippen MR) is 37.8 cm³/mol. The van der Waals surface area contributed by atoms with Gasteiger partial charge in [0.15, 0.2) is 0 Å². The standard InChI is InChI=1S/C2H2Cl3NO.ClH/c3-2(4,5)1-6-7;/h1,7H;1H. The van der Waals surface area contributed by atoms with Crippen LogP contribution in [0.2, 0.25) is 0 Å². The van der Waals surface area contributed by atoms with Crippen molar-refractivity contribution in [2.75, 3.05) is 0 Å². The van der Waals surface area contributed by atoms with Crippen LogP contribution in [0.25, 0.3) is 0 Å². The molecular formula is C2H3Cl4NO. The summed E-state index contributed by atoms with van der Waals surface area (Å²) in [7, 11) is 0. The van der Waals surface area contributed by atoms with Crippen LogP contribution in [0, 0.1) is 0 Å². The maximum atomic E-state index is 7.72. The molecule has 0 aromatic carbocycles. The van der Waals surface area contributed by atoms with Crippen LogP contribution in [0.4, 0.5) is 0 Å². The zero-order chi connectivity index (χ0) is 5.91. The maximum Gasteiger partial charge on any atom is 0.229 e. The van der Waals surface area contributed by atoms with E-state index in [0.717, 1.165) is 6.21 Å². The molecule has 0 radical (unpaired) electrons. The Morgan fingerprint density at radius 1 is 1.38 bits per heavy atom. The van der Waals surface area contributed by atoms with E-state index in [1.807, 2.05) is 0 Å². The Kier molecular flexibility index (Phi) is 6.43. The van der Waals surface area contributed by atoms with Gasteiger partial charge in [-0.25, -0.2) is 0 Å². The van der Waals surface area contributed by atoms with E-state index in [1.165, 1.54) is 0 Å². The molecule has 1 N–H and O–H groups in total. The smallest absolute Gasteiger partial charge is 0.229 e. The van der Waals surface area contributed by atoms with Crippen LogP contribution < -0.4 is 0 Å². The molecule has 0 fully saturated rings. The lowest BCUT2D eigenvalue weighted by atomic mass is 10.9. The van der Waals surface area contributed by atoms with Crippen LogP contribution in [0.15, 0.2) is 5.16 Å². The summed E-state index contributed by atoms with van der Waals surface area (Å²) in [5, 5.41) is 10.2. The van der Waals surface area contributed by atoms with Crippen LogP contribution in [-0.4, -0.2) is 15.2 Å². The number of alkyl halides is 3. The molecule has 8 heavy (non-hydrogen) atoms. The van der Waals surface area contributed by atoms with Crippen molar-refractivity contribution in [2.24, 2.45) is 5.16 Å². The van der Waals surface area contributed by atoms with E-state index in [2.05, 4.69) is 5.16 Å². The monoisotopic (exact) mass is 197 g/mol. The van der Waals surface area contributed by atoms with Gasteiger partial charge in [0, 0.05) is 0 Å². The molecule has 0 spiro atoms. The summed E-state index contributed by atoms with van der Waals surface area (Å²) < 4.78 is -1.57. The molecular weight excluding hydrogens is 196 g/mol. The Balaban J connectivity index is 0. The maximum absolute atomic E-state index is 7.72. The molecule has 0 amide bonds. The number of rotatable bonds is 0. The second-order valence-corrected chi connectivity index (χ2v) is 3.16. The van der Waals surface area contributed by atoms with Crippen LogP contribution in [0.1, 0.15) is 0 Å². The minimum atomic E-state index is -1.57. The first-order chi connectivity index (χ1) is 3.06. The van der Waals surface area contributed by atoms with Crippen LogP contribution in [-0.2, 0) is 0 Å². The number of hydrogen-bond donors (Lipinski definition) is 1. The second-order valence-electron chi connectivity index (χ2n) is 0.786. The van der Waals surface area contributed by atoms with Gasteiger partial charge in [-0.1, -0.05) is 40.0 Å². The first kappa shape index (κ1) is 11.4. The molecule has 0 aromatic rings. The summed E-state index contributed by atoms with van der Waals surface area (Å²) in [6.45, 7) is 0. The molecule has 50 valence electrons. The van der Waals surface area contributed by atoms with Gasteiger partial charge in [0.25, 0.3) is 0 Å². The molecule has 2 nitrogen and oxygen atoms in total. The van der Waals surface area contributed by atoms with Crippen molar-refractivity contribution in [3.05, 3.63) is 0 Å². The summed E-state index contributed by atoms with van der Waals surface area (Å²) in [6, 6.07) is 0. The highest BCUT2D eigenvalue weighted by molar-refractivity contribution is 6.74. The quantitative estimate of drug-likeness (QED) is 0.276. The van der Waals surface area contributed by atoms with Gasteiger partial charge in [-0.05, 0) is 0 Å². The highest BCUT2D eigenvalue weighted by atomic mass is 35.6. The molecule has 0 aromatic heterocycles. The lowest BCUT2D eigenvalue weighted by Gasteiger charge is -1.96. The SMILES string of the molecule is Cl.ON=CC(Cl)(Cl)Cl. The molecule has 0 atom stereocenters. The van der Waals surface area contributed by atoms with Gasteiger partial charge in [-0.15, -0.1) is 12.4 Å². The van der Waals surface area contributed by atoms with E-state index in [-0.39, 0.29) is 12.4 Å². The van der Waals surface area contributed by atoms with Gasteiger partial charge in [-0.2, -0.15) is 0 Å². The first-order valence-electron chi connectivity index (χ1n) is 1.31. The van der Waals surface area contributed by atoms with E-state index in [0.29, 0.717) is 0 Å². The van der Waals surface area contributed by atoms with Crippen molar-refractivity contribution < 1.29 is 5.21 Å². The number of halogens is 4. The normalized spacial score (nSPS) is 11.4. The van der Waals surface area contributed by atoms with Gasteiger partial charge < -0.3 is 5.21 Å². The van der Waals surface area contributed by atoms with E-state index < -0.39 is 3.79 Å². The lowest BCUT2D eigenvalue weighted by Crippen LogP contribution is -2.01. The number of oxime groups is 1. The van der Waals surface area contributed by atoms with Crippen molar-refractivity contribution in [1.82, 2.24) is 0 Å². The van der Waals surface area contributed by atoms with Gasteiger partial charge in [0.2, 0.25) is 3.79 Å². The number of hydrogen-bond acceptors (Lipinski definition) is 2. The van der Waals surface area contributed by atoms with E-state index in [1.54, 1.807) is 0 Å². The third-order valence-corrected chi connectivity index (χ3v) is 0.497. The summed E-state index contributed by atoms with van der Waals surface area (Å²) in [4.78, 5) is 0. The van der Waals surface area contributed by atoms with Crippen molar-refractivity contribution in [1.29, 1.82) is 0 Å². The van der Waals surface area contributed by atoms with Crippen LogP contribution in [0.3, 0.4) is 0 Å². The summed E-state index contributed by atoms with van der Waals surface area (Å²) >= 11 is 15.2. The second kappa shape index (κ2) is 4.50. The highest BCUT2D eigenvalue weighted by Gasteiger charge is 2.14.